The standard InChI is InChI=1S/C17H19N3/c1-4-13-7-6-8-14(5-2)16(13)20-17-15(11-18)10-9-12(3)19-17/h6-10H,4-5H2,1-3H3,(H,19,20). The van der Waals surface area contributed by atoms with Crippen LogP contribution in [0.5, 0.6) is 0 Å². The Morgan fingerprint density at radius 3 is 2.30 bits per heavy atom. The lowest BCUT2D eigenvalue weighted by atomic mass is 10.0. The molecule has 0 bridgehead atoms. The minimum atomic E-state index is 0.573. The van der Waals surface area contributed by atoms with Crippen molar-refractivity contribution >= 4 is 11.5 Å². The molecule has 0 atom stereocenters. The molecular weight excluding hydrogens is 246 g/mol. The molecule has 2 aromatic rings. The molecule has 0 spiro atoms. The largest absolute Gasteiger partial charge is 0.339 e. The lowest BCUT2D eigenvalue weighted by Gasteiger charge is -2.15. The molecule has 102 valence electrons. The molecule has 1 aromatic carbocycles. The number of rotatable bonds is 4. The lowest BCUT2D eigenvalue weighted by Crippen LogP contribution is -2.04. The molecule has 1 N–H and O–H groups in total. The van der Waals surface area contributed by atoms with Crippen LogP contribution < -0.4 is 5.32 Å². The Morgan fingerprint density at radius 2 is 1.75 bits per heavy atom. The summed E-state index contributed by atoms with van der Waals surface area (Å²) in [6, 6.07) is 12.2. The minimum Gasteiger partial charge on any atom is -0.339 e. The molecule has 0 saturated heterocycles. The number of benzene rings is 1. The highest BCUT2D eigenvalue weighted by atomic mass is 15.0. The van der Waals surface area contributed by atoms with Crippen molar-refractivity contribution in [1.82, 2.24) is 4.98 Å². The van der Waals surface area contributed by atoms with E-state index in [1.165, 1.54) is 11.1 Å². The van der Waals surface area contributed by atoms with Crippen molar-refractivity contribution < 1.29 is 0 Å². The highest BCUT2D eigenvalue weighted by Gasteiger charge is 2.10. The maximum atomic E-state index is 9.21. The first-order valence-electron chi connectivity index (χ1n) is 6.95. The van der Waals surface area contributed by atoms with Gasteiger partial charge in [0, 0.05) is 11.4 Å². The summed E-state index contributed by atoms with van der Waals surface area (Å²) in [4.78, 5) is 4.46. The highest BCUT2D eigenvalue weighted by Crippen LogP contribution is 2.27. The van der Waals surface area contributed by atoms with Crippen LogP contribution in [-0.2, 0) is 12.8 Å². The zero-order chi connectivity index (χ0) is 14.5. The summed E-state index contributed by atoms with van der Waals surface area (Å²) in [5.74, 6) is 0.642. The van der Waals surface area contributed by atoms with Gasteiger partial charge < -0.3 is 5.32 Å². The summed E-state index contributed by atoms with van der Waals surface area (Å²) in [5.41, 5.74) is 5.06. The molecule has 0 unspecified atom stereocenters. The molecule has 3 nitrogen and oxygen atoms in total. The van der Waals surface area contributed by atoms with E-state index in [1.807, 2.05) is 19.1 Å². The second-order valence-corrected chi connectivity index (χ2v) is 4.74. The predicted octanol–water partition coefficient (Wildman–Crippen LogP) is 4.13. The van der Waals surface area contributed by atoms with E-state index in [9.17, 15) is 5.26 Å². The quantitative estimate of drug-likeness (QED) is 0.904. The van der Waals surface area contributed by atoms with Crippen LogP contribution in [0.25, 0.3) is 0 Å². The topological polar surface area (TPSA) is 48.7 Å². The number of aromatic nitrogens is 1. The molecule has 1 aromatic heterocycles. The summed E-state index contributed by atoms with van der Waals surface area (Å²) in [5, 5.41) is 12.6. The Bertz CT molecular complexity index is 632. The molecule has 0 aliphatic heterocycles. The minimum absolute atomic E-state index is 0.573. The second-order valence-electron chi connectivity index (χ2n) is 4.74. The Balaban J connectivity index is 2.50. The number of pyridine rings is 1. The number of nitriles is 1. The van der Waals surface area contributed by atoms with Crippen molar-refractivity contribution in [2.24, 2.45) is 0 Å². The van der Waals surface area contributed by atoms with E-state index in [0.717, 1.165) is 24.2 Å². The fourth-order valence-corrected chi connectivity index (χ4v) is 2.26. The maximum Gasteiger partial charge on any atom is 0.148 e. The van der Waals surface area contributed by atoms with Gasteiger partial charge in [0.15, 0.2) is 0 Å². The smallest absolute Gasteiger partial charge is 0.148 e. The molecule has 0 amide bonds. The first-order valence-corrected chi connectivity index (χ1v) is 6.95. The van der Waals surface area contributed by atoms with Gasteiger partial charge in [0.1, 0.15) is 11.9 Å². The molecule has 2 rings (SSSR count). The Hall–Kier alpha value is -2.34. The van der Waals surface area contributed by atoms with Crippen LogP contribution in [0.1, 0.15) is 36.2 Å². The molecule has 1 heterocycles. The highest BCUT2D eigenvalue weighted by molar-refractivity contribution is 5.68. The first-order chi connectivity index (χ1) is 9.69. The third-order valence-electron chi connectivity index (χ3n) is 3.40. The number of hydrogen-bond acceptors (Lipinski definition) is 3. The summed E-state index contributed by atoms with van der Waals surface area (Å²) in [7, 11) is 0. The van der Waals surface area contributed by atoms with Crippen molar-refractivity contribution in [2.75, 3.05) is 5.32 Å². The fourth-order valence-electron chi connectivity index (χ4n) is 2.26. The van der Waals surface area contributed by atoms with Crippen LogP contribution in [0.3, 0.4) is 0 Å². The maximum absolute atomic E-state index is 9.21. The number of aryl methyl sites for hydroxylation is 3. The van der Waals surface area contributed by atoms with Crippen molar-refractivity contribution in [1.29, 1.82) is 5.26 Å². The molecule has 0 radical (unpaired) electrons. The van der Waals surface area contributed by atoms with E-state index in [0.29, 0.717) is 11.4 Å². The monoisotopic (exact) mass is 265 g/mol. The molecule has 0 saturated carbocycles. The first kappa shape index (κ1) is 14.1. The fraction of sp³-hybridized carbons (Fsp3) is 0.294. The number of anilines is 2. The van der Waals surface area contributed by atoms with Gasteiger partial charge in [-0.3, -0.25) is 0 Å². The van der Waals surface area contributed by atoms with Gasteiger partial charge >= 0.3 is 0 Å². The van der Waals surface area contributed by atoms with Crippen molar-refractivity contribution in [2.45, 2.75) is 33.6 Å². The molecular formula is C17H19N3. The third-order valence-corrected chi connectivity index (χ3v) is 3.40. The van der Waals surface area contributed by atoms with E-state index >= 15 is 0 Å². The van der Waals surface area contributed by atoms with Crippen molar-refractivity contribution in [3.8, 4) is 6.07 Å². The summed E-state index contributed by atoms with van der Waals surface area (Å²) in [6.07, 6.45) is 1.90. The summed E-state index contributed by atoms with van der Waals surface area (Å²) >= 11 is 0. The number of hydrogen-bond donors (Lipinski definition) is 1. The van der Waals surface area contributed by atoms with Crippen LogP contribution in [0.15, 0.2) is 30.3 Å². The zero-order valence-electron chi connectivity index (χ0n) is 12.2. The van der Waals surface area contributed by atoms with Crippen LogP contribution in [0.2, 0.25) is 0 Å². The number of nitrogens with one attached hydrogen (secondary N) is 1. The third kappa shape index (κ3) is 2.80. The van der Waals surface area contributed by atoms with Crippen LogP contribution in [-0.4, -0.2) is 4.98 Å². The van der Waals surface area contributed by atoms with Crippen LogP contribution >= 0.6 is 0 Å². The van der Waals surface area contributed by atoms with E-state index in [1.54, 1.807) is 0 Å². The Labute approximate surface area is 120 Å². The van der Waals surface area contributed by atoms with Crippen molar-refractivity contribution in [3.05, 3.63) is 52.7 Å². The van der Waals surface area contributed by atoms with Gasteiger partial charge in [0.2, 0.25) is 0 Å². The SMILES string of the molecule is CCc1cccc(CC)c1Nc1nc(C)ccc1C#N. The average molecular weight is 265 g/mol. The number of nitrogens with zero attached hydrogens (tertiary/aromatic N) is 2. The van der Waals surface area contributed by atoms with Gasteiger partial charge in [0.05, 0.1) is 5.56 Å². The van der Waals surface area contributed by atoms with E-state index < -0.39 is 0 Å². The van der Waals surface area contributed by atoms with Gasteiger partial charge in [-0.2, -0.15) is 5.26 Å². The summed E-state index contributed by atoms with van der Waals surface area (Å²) in [6.45, 7) is 6.20. The average Bonchev–Trinajstić information content (AvgIpc) is 2.47. The Kier molecular flexibility index (Phi) is 4.37. The van der Waals surface area contributed by atoms with Gasteiger partial charge in [-0.1, -0.05) is 32.0 Å². The van der Waals surface area contributed by atoms with Gasteiger partial charge in [-0.15, -0.1) is 0 Å². The predicted molar refractivity (Wildman–Crippen MR) is 82.2 cm³/mol. The van der Waals surface area contributed by atoms with Crippen LogP contribution in [0.4, 0.5) is 11.5 Å². The Morgan fingerprint density at radius 1 is 1.10 bits per heavy atom. The molecule has 0 aliphatic carbocycles. The molecule has 3 heteroatoms. The van der Waals surface area contributed by atoms with Gasteiger partial charge in [-0.05, 0) is 43.0 Å². The summed E-state index contributed by atoms with van der Waals surface area (Å²) < 4.78 is 0. The van der Waals surface area contributed by atoms with Crippen molar-refractivity contribution in [3.63, 3.8) is 0 Å². The molecule has 20 heavy (non-hydrogen) atoms. The molecule has 0 aliphatic rings. The van der Waals surface area contributed by atoms with E-state index in [4.69, 9.17) is 0 Å². The second kappa shape index (κ2) is 6.21. The molecule has 0 fully saturated rings. The zero-order valence-corrected chi connectivity index (χ0v) is 12.2. The van der Waals surface area contributed by atoms with Crippen LogP contribution in [0, 0.1) is 18.3 Å². The lowest BCUT2D eigenvalue weighted by molar-refractivity contribution is 1.08. The van der Waals surface area contributed by atoms with E-state index in [-0.39, 0.29) is 0 Å². The van der Waals surface area contributed by atoms with E-state index in [2.05, 4.69) is 48.4 Å². The van der Waals surface area contributed by atoms with Gasteiger partial charge in [-0.25, -0.2) is 4.98 Å². The number of para-hydroxylation sites is 1. The van der Waals surface area contributed by atoms with Gasteiger partial charge in [0.25, 0.3) is 0 Å². The normalized spacial score (nSPS) is 10.1.